The van der Waals surface area contributed by atoms with Crippen LogP contribution in [-0.4, -0.2) is 56.4 Å². The molecule has 3 rings (SSSR count). The van der Waals surface area contributed by atoms with Crippen molar-refractivity contribution in [1.29, 1.82) is 0 Å². The van der Waals surface area contributed by atoms with Gasteiger partial charge in [-0.25, -0.2) is 0 Å². The molecule has 4 heteroatoms. The van der Waals surface area contributed by atoms with Gasteiger partial charge in [0.15, 0.2) is 0 Å². The quantitative estimate of drug-likeness (QED) is 0.770. The Morgan fingerprint density at radius 1 is 0.962 bits per heavy atom. The van der Waals surface area contributed by atoms with E-state index in [0.717, 1.165) is 38.3 Å². The van der Waals surface area contributed by atoms with Gasteiger partial charge in [-0.1, -0.05) is 35.9 Å². The standard InChI is InChI=1S/C22H30N4/c1-18-5-8-21(19(2)15-18)17-25-11-13-26(14-12-25)23-16-20-6-9-22(10-7-20)24(3)4/h5-10,15-16H,11-14,17H2,1-4H3/b23-16-. The molecule has 138 valence electrons. The highest BCUT2D eigenvalue weighted by Gasteiger charge is 2.16. The second-order valence-corrected chi connectivity index (χ2v) is 7.39. The van der Waals surface area contributed by atoms with E-state index < -0.39 is 0 Å². The zero-order valence-electron chi connectivity index (χ0n) is 16.4. The van der Waals surface area contributed by atoms with Crippen LogP contribution in [0.2, 0.25) is 0 Å². The van der Waals surface area contributed by atoms with Gasteiger partial charge in [0, 0.05) is 52.5 Å². The van der Waals surface area contributed by atoms with Crippen LogP contribution >= 0.6 is 0 Å². The molecule has 0 unspecified atom stereocenters. The van der Waals surface area contributed by atoms with Gasteiger partial charge in [-0.05, 0) is 42.7 Å². The molecule has 26 heavy (non-hydrogen) atoms. The molecule has 1 aliphatic heterocycles. The lowest BCUT2D eigenvalue weighted by Crippen LogP contribution is -2.43. The molecule has 0 bridgehead atoms. The van der Waals surface area contributed by atoms with Gasteiger partial charge in [-0.15, -0.1) is 0 Å². The second kappa shape index (κ2) is 8.37. The Labute approximate surface area is 157 Å². The number of hydrogen-bond donors (Lipinski definition) is 0. The fourth-order valence-electron chi connectivity index (χ4n) is 3.28. The SMILES string of the molecule is Cc1ccc(CN2CCN(/N=C\c3ccc(N(C)C)cc3)CC2)c(C)c1. The number of anilines is 1. The number of rotatable bonds is 5. The molecule has 0 aromatic heterocycles. The molecule has 0 amide bonds. The van der Waals surface area contributed by atoms with E-state index in [-0.39, 0.29) is 0 Å². The third-order valence-corrected chi connectivity index (χ3v) is 5.02. The Hall–Kier alpha value is -2.33. The van der Waals surface area contributed by atoms with Crippen LogP contribution in [0.1, 0.15) is 22.3 Å². The lowest BCUT2D eigenvalue weighted by Gasteiger charge is -2.33. The van der Waals surface area contributed by atoms with Crippen molar-refractivity contribution in [3.63, 3.8) is 0 Å². The molecule has 0 aliphatic carbocycles. The molecule has 1 saturated heterocycles. The molecule has 4 nitrogen and oxygen atoms in total. The first kappa shape index (κ1) is 18.5. The van der Waals surface area contributed by atoms with Gasteiger partial charge < -0.3 is 4.90 Å². The average molecular weight is 351 g/mol. The molecule has 0 radical (unpaired) electrons. The van der Waals surface area contributed by atoms with Crippen LogP contribution in [0.15, 0.2) is 47.6 Å². The Balaban J connectivity index is 1.50. The van der Waals surface area contributed by atoms with Gasteiger partial charge in [0.1, 0.15) is 0 Å². The summed E-state index contributed by atoms with van der Waals surface area (Å²) in [6, 6.07) is 15.3. The fraction of sp³-hybridized carbons (Fsp3) is 0.409. The number of hydrazone groups is 1. The van der Waals surface area contributed by atoms with E-state index >= 15 is 0 Å². The monoisotopic (exact) mass is 350 g/mol. The van der Waals surface area contributed by atoms with Crippen LogP contribution in [0.25, 0.3) is 0 Å². The molecule has 0 saturated carbocycles. The van der Waals surface area contributed by atoms with Gasteiger partial charge >= 0.3 is 0 Å². The largest absolute Gasteiger partial charge is 0.378 e. The van der Waals surface area contributed by atoms with Crippen molar-refractivity contribution >= 4 is 11.9 Å². The topological polar surface area (TPSA) is 22.1 Å². The Morgan fingerprint density at radius 3 is 2.27 bits per heavy atom. The molecule has 1 aliphatic rings. The van der Waals surface area contributed by atoms with Crippen molar-refractivity contribution in [2.45, 2.75) is 20.4 Å². The van der Waals surface area contributed by atoms with Gasteiger partial charge in [0.25, 0.3) is 0 Å². The van der Waals surface area contributed by atoms with Crippen LogP contribution in [0, 0.1) is 13.8 Å². The molecular weight excluding hydrogens is 320 g/mol. The molecule has 2 aromatic carbocycles. The van der Waals surface area contributed by atoms with Crippen molar-refractivity contribution in [3.8, 4) is 0 Å². The molecule has 0 N–H and O–H groups in total. The van der Waals surface area contributed by atoms with Crippen molar-refractivity contribution in [1.82, 2.24) is 9.91 Å². The normalized spacial score (nSPS) is 15.6. The number of benzene rings is 2. The summed E-state index contributed by atoms with van der Waals surface area (Å²) in [4.78, 5) is 4.63. The molecule has 1 fully saturated rings. The molecule has 2 aromatic rings. The maximum absolute atomic E-state index is 4.67. The fourth-order valence-corrected chi connectivity index (χ4v) is 3.28. The summed E-state index contributed by atoms with van der Waals surface area (Å²) in [5.74, 6) is 0. The van der Waals surface area contributed by atoms with Gasteiger partial charge in [-0.2, -0.15) is 5.10 Å². The van der Waals surface area contributed by atoms with Crippen LogP contribution in [-0.2, 0) is 6.54 Å². The minimum Gasteiger partial charge on any atom is -0.378 e. The van der Waals surface area contributed by atoms with Crippen LogP contribution in [0.3, 0.4) is 0 Å². The maximum atomic E-state index is 4.67. The highest BCUT2D eigenvalue weighted by atomic mass is 15.5. The van der Waals surface area contributed by atoms with E-state index in [2.05, 4.69) is 90.3 Å². The van der Waals surface area contributed by atoms with Gasteiger partial charge in [-0.3, -0.25) is 9.91 Å². The van der Waals surface area contributed by atoms with Crippen LogP contribution in [0.4, 0.5) is 5.69 Å². The lowest BCUT2D eigenvalue weighted by atomic mass is 10.1. The third kappa shape index (κ3) is 4.85. The highest BCUT2D eigenvalue weighted by molar-refractivity contribution is 5.80. The zero-order chi connectivity index (χ0) is 18.5. The van der Waals surface area contributed by atoms with E-state index in [0.29, 0.717) is 0 Å². The maximum Gasteiger partial charge on any atom is 0.0542 e. The minimum atomic E-state index is 0.983. The van der Waals surface area contributed by atoms with Crippen LogP contribution < -0.4 is 4.90 Å². The summed E-state index contributed by atoms with van der Waals surface area (Å²) in [5, 5.41) is 6.85. The summed E-state index contributed by atoms with van der Waals surface area (Å²) in [7, 11) is 4.11. The van der Waals surface area contributed by atoms with Crippen molar-refractivity contribution in [2.24, 2.45) is 5.10 Å². The van der Waals surface area contributed by atoms with Crippen LogP contribution in [0.5, 0.6) is 0 Å². The minimum absolute atomic E-state index is 0.983. The summed E-state index contributed by atoms with van der Waals surface area (Å²) < 4.78 is 0. The van der Waals surface area contributed by atoms with Gasteiger partial charge in [0.2, 0.25) is 0 Å². The first-order valence-electron chi connectivity index (χ1n) is 9.36. The Morgan fingerprint density at radius 2 is 1.65 bits per heavy atom. The summed E-state index contributed by atoms with van der Waals surface area (Å²) >= 11 is 0. The number of aryl methyl sites for hydroxylation is 2. The van der Waals surface area contributed by atoms with Gasteiger partial charge in [0.05, 0.1) is 6.21 Å². The molecule has 0 spiro atoms. The molecule has 1 heterocycles. The smallest absolute Gasteiger partial charge is 0.0542 e. The van der Waals surface area contributed by atoms with E-state index in [9.17, 15) is 0 Å². The van der Waals surface area contributed by atoms with Crippen molar-refractivity contribution in [3.05, 3.63) is 64.7 Å². The predicted octanol–water partition coefficient (Wildman–Crippen LogP) is 3.52. The summed E-state index contributed by atoms with van der Waals surface area (Å²) in [5.41, 5.74) is 6.53. The first-order valence-corrected chi connectivity index (χ1v) is 9.36. The summed E-state index contributed by atoms with van der Waals surface area (Å²) in [6.45, 7) is 9.49. The Kier molecular flexibility index (Phi) is 5.94. The highest BCUT2D eigenvalue weighted by Crippen LogP contribution is 2.15. The Bertz CT molecular complexity index is 741. The van der Waals surface area contributed by atoms with E-state index in [1.54, 1.807) is 0 Å². The molecule has 0 atom stereocenters. The number of hydrogen-bond acceptors (Lipinski definition) is 4. The number of piperazine rings is 1. The zero-order valence-corrected chi connectivity index (χ0v) is 16.4. The first-order chi connectivity index (χ1) is 12.5. The molecular formula is C22H30N4. The third-order valence-electron chi connectivity index (χ3n) is 5.02. The second-order valence-electron chi connectivity index (χ2n) is 7.39. The van der Waals surface area contributed by atoms with Crippen molar-refractivity contribution < 1.29 is 0 Å². The van der Waals surface area contributed by atoms with E-state index in [4.69, 9.17) is 0 Å². The number of nitrogens with zero attached hydrogens (tertiary/aromatic N) is 4. The van der Waals surface area contributed by atoms with E-state index in [1.807, 2.05) is 6.21 Å². The van der Waals surface area contributed by atoms with E-state index in [1.165, 1.54) is 22.4 Å². The van der Waals surface area contributed by atoms with Crippen molar-refractivity contribution in [2.75, 3.05) is 45.2 Å². The predicted molar refractivity (Wildman–Crippen MR) is 111 cm³/mol. The average Bonchev–Trinajstić information content (AvgIpc) is 2.64. The lowest BCUT2D eigenvalue weighted by molar-refractivity contribution is 0.131. The summed E-state index contributed by atoms with van der Waals surface area (Å²) in [6.07, 6.45) is 1.97.